The Morgan fingerprint density at radius 2 is 2.32 bits per heavy atom. The molecule has 1 aliphatic rings. The topological polar surface area (TPSA) is 37.4 Å². The number of aromatic nitrogens is 1. The SMILES string of the molecule is COCCNCc1cnc(N(CC(C)C)C2CC2)s1. The zero-order valence-electron chi connectivity index (χ0n) is 12.2. The van der Waals surface area contributed by atoms with E-state index in [1.165, 1.54) is 22.9 Å². The van der Waals surface area contributed by atoms with Gasteiger partial charge in [-0.05, 0) is 18.8 Å². The third-order valence-electron chi connectivity index (χ3n) is 3.12. The second kappa shape index (κ2) is 7.22. The Morgan fingerprint density at radius 1 is 1.53 bits per heavy atom. The summed E-state index contributed by atoms with van der Waals surface area (Å²) in [4.78, 5) is 8.40. The number of thiazole rings is 1. The summed E-state index contributed by atoms with van der Waals surface area (Å²) < 4.78 is 5.02. The average molecular weight is 283 g/mol. The summed E-state index contributed by atoms with van der Waals surface area (Å²) in [5, 5.41) is 4.56. The molecule has 1 fully saturated rings. The van der Waals surface area contributed by atoms with Gasteiger partial charge in [0.1, 0.15) is 0 Å². The van der Waals surface area contributed by atoms with Crippen LogP contribution in [-0.2, 0) is 11.3 Å². The Kier molecular flexibility index (Phi) is 5.60. The maximum Gasteiger partial charge on any atom is 0.185 e. The van der Waals surface area contributed by atoms with E-state index in [0.717, 1.165) is 32.3 Å². The number of ether oxygens (including phenoxy) is 1. The number of hydrogen-bond acceptors (Lipinski definition) is 5. The molecule has 108 valence electrons. The van der Waals surface area contributed by atoms with E-state index < -0.39 is 0 Å². The molecule has 0 saturated heterocycles. The molecule has 1 saturated carbocycles. The van der Waals surface area contributed by atoms with E-state index in [-0.39, 0.29) is 0 Å². The predicted molar refractivity (Wildman–Crippen MR) is 80.9 cm³/mol. The van der Waals surface area contributed by atoms with Crippen molar-refractivity contribution in [1.29, 1.82) is 0 Å². The van der Waals surface area contributed by atoms with Gasteiger partial charge in [-0.25, -0.2) is 4.98 Å². The Hall–Kier alpha value is -0.650. The van der Waals surface area contributed by atoms with E-state index in [9.17, 15) is 0 Å². The van der Waals surface area contributed by atoms with E-state index in [4.69, 9.17) is 4.74 Å². The molecule has 4 nitrogen and oxygen atoms in total. The average Bonchev–Trinajstić information content (AvgIpc) is 3.11. The summed E-state index contributed by atoms with van der Waals surface area (Å²) in [6.45, 7) is 8.21. The first-order valence-corrected chi connectivity index (χ1v) is 7.93. The van der Waals surface area contributed by atoms with E-state index in [2.05, 4.69) is 29.0 Å². The van der Waals surface area contributed by atoms with Crippen LogP contribution in [0.4, 0.5) is 5.13 Å². The minimum atomic E-state index is 0.688. The number of nitrogens with one attached hydrogen (secondary N) is 1. The zero-order chi connectivity index (χ0) is 13.7. The van der Waals surface area contributed by atoms with Crippen LogP contribution in [0.5, 0.6) is 0 Å². The summed E-state index contributed by atoms with van der Waals surface area (Å²) in [7, 11) is 1.73. The van der Waals surface area contributed by atoms with E-state index in [1.807, 2.05) is 17.5 Å². The van der Waals surface area contributed by atoms with Crippen molar-refractivity contribution < 1.29 is 4.74 Å². The molecule has 0 amide bonds. The van der Waals surface area contributed by atoms with Crippen LogP contribution in [0, 0.1) is 5.92 Å². The highest BCUT2D eigenvalue weighted by atomic mass is 32.1. The Bertz CT molecular complexity index is 377. The van der Waals surface area contributed by atoms with Gasteiger partial charge in [0.05, 0.1) is 6.61 Å². The van der Waals surface area contributed by atoms with E-state index >= 15 is 0 Å². The minimum Gasteiger partial charge on any atom is -0.383 e. The summed E-state index contributed by atoms with van der Waals surface area (Å²) in [5.74, 6) is 0.688. The first kappa shape index (κ1) is 14.8. The number of nitrogens with zero attached hydrogens (tertiary/aromatic N) is 2. The normalized spacial score (nSPS) is 15.2. The third kappa shape index (κ3) is 4.75. The highest BCUT2D eigenvalue weighted by Gasteiger charge is 2.31. The fourth-order valence-corrected chi connectivity index (χ4v) is 3.02. The predicted octanol–water partition coefficient (Wildman–Crippen LogP) is 2.50. The highest BCUT2D eigenvalue weighted by molar-refractivity contribution is 7.15. The van der Waals surface area contributed by atoms with Crippen LogP contribution >= 0.6 is 11.3 Å². The Labute approximate surface area is 120 Å². The van der Waals surface area contributed by atoms with Crippen molar-refractivity contribution in [3.05, 3.63) is 11.1 Å². The molecule has 0 aliphatic heterocycles. The van der Waals surface area contributed by atoms with Gasteiger partial charge < -0.3 is 15.0 Å². The zero-order valence-corrected chi connectivity index (χ0v) is 13.0. The van der Waals surface area contributed by atoms with Gasteiger partial charge in [0.25, 0.3) is 0 Å². The van der Waals surface area contributed by atoms with Crippen LogP contribution in [0.2, 0.25) is 0 Å². The van der Waals surface area contributed by atoms with Crippen LogP contribution in [-0.4, -0.2) is 37.8 Å². The molecule has 0 atom stereocenters. The van der Waals surface area contributed by atoms with Gasteiger partial charge in [0.15, 0.2) is 5.13 Å². The third-order valence-corrected chi connectivity index (χ3v) is 4.15. The minimum absolute atomic E-state index is 0.688. The van der Waals surface area contributed by atoms with Crippen molar-refractivity contribution in [3.63, 3.8) is 0 Å². The van der Waals surface area contributed by atoms with Crippen molar-refractivity contribution in [2.45, 2.75) is 39.3 Å². The molecule has 2 rings (SSSR count). The molecule has 1 N–H and O–H groups in total. The molecule has 0 aromatic carbocycles. The standard InChI is InChI=1S/C14H25N3OS/c1-11(2)10-17(12-4-5-12)14-16-9-13(19-14)8-15-6-7-18-3/h9,11-12,15H,4-8,10H2,1-3H3. The molecule has 1 aromatic rings. The molecule has 0 radical (unpaired) electrons. The summed E-state index contributed by atoms with van der Waals surface area (Å²) in [5.41, 5.74) is 0. The quantitative estimate of drug-likeness (QED) is 0.707. The van der Waals surface area contributed by atoms with Gasteiger partial charge in [-0.1, -0.05) is 13.8 Å². The lowest BCUT2D eigenvalue weighted by Gasteiger charge is -2.23. The molecule has 1 aromatic heterocycles. The molecular formula is C14H25N3OS. The van der Waals surface area contributed by atoms with Gasteiger partial charge in [0, 0.05) is 43.9 Å². The number of rotatable bonds is 9. The number of methoxy groups -OCH3 is 1. The largest absolute Gasteiger partial charge is 0.383 e. The first-order chi connectivity index (χ1) is 9.20. The van der Waals surface area contributed by atoms with Gasteiger partial charge in [0.2, 0.25) is 0 Å². The summed E-state index contributed by atoms with van der Waals surface area (Å²) >= 11 is 1.82. The molecule has 0 bridgehead atoms. The first-order valence-electron chi connectivity index (χ1n) is 7.11. The van der Waals surface area contributed by atoms with Gasteiger partial charge >= 0.3 is 0 Å². The van der Waals surface area contributed by atoms with Gasteiger partial charge in [-0.15, -0.1) is 11.3 Å². The monoisotopic (exact) mass is 283 g/mol. The van der Waals surface area contributed by atoms with Crippen molar-refractivity contribution in [2.75, 3.05) is 31.7 Å². The summed E-state index contributed by atoms with van der Waals surface area (Å²) in [6, 6.07) is 0.739. The Balaban J connectivity index is 1.87. The fraction of sp³-hybridized carbons (Fsp3) is 0.786. The number of hydrogen-bond donors (Lipinski definition) is 1. The van der Waals surface area contributed by atoms with Gasteiger partial charge in [-0.3, -0.25) is 0 Å². The second-order valence-corrected chi connectivity index (χ2v) is 6.65. The second-order valence-electron chi connectivity index (χ2n) is 5.56. The van der Waals surface area contributed by atoms with Crippen LogP contribution in [0.3, 0.4) is 0 Å². The van der Waals surface area contributed by atoms with E-state index in [1.54, 1.807) is 7.11 Å². The lowest BCUT2D eigenvalue weighted by molar-refractivity contribution is 0.199. The molecule has 19 heavy (non-hydrogen) atoms. The molecule has 1 heterocycles. The van der Waals surface area contributed by atoms with Crippen molar-refractivity contribution in [3.8, 4) is 0 Å². The van der Waals surface area contributed by atoms with Crippen LogP contribution < -0.4 is 10.2 Å². The molecule has 0 unspecified atom stereocenters. The lowest BCUT2D eigenvalue weighted by atomic mass is 10.2. The van der Waals surface area contributed by atoms with Crippen molar-refractivity contribution in [2.24, 2.45) is 5.92 Å². The maximum absolute atomic E-state index is 5.02. The fourth-order valence-electron chi connectivity index (χ4n) is 2.06. The lowest BCUT2D eigenvalue weighted by Crippen LogP contribution is -2.29. The van der Waals surface area contributed by atoms with Crippen molar-refractivity contribution in [1.82, 2.24) is 10.3 Å². The van der Waals surface area contributed by atoms with Gasteiger partial charge in [-0.2, -0.15) is 0 Å². The molecule has 5 heteroatoms. The van der Waals surface area contributed by atoms with E-state index in [0.29, 0.717) is 5.92 Å². The molecule has 0 spiro atoms. The van der Waals surface area contributed by atoms with Crippen LogP contribution in [0.25, 0.3) is 0 Å². The Morgan fingerprint density at radius 3 is 2.95 bits per heavy atom. The molecule has 1 aliphatic carbocycles. The van der Waals surface area contributed by atoms with Crippen LogP contribution in [0.15, 0.2) is 6.20 Å². The smallest absolute Gasteiger partial charge is 0.185 e. The summed E-state index contributed by atoms with van der Waals surface area (Å²) in [6.07, 6.45) is 4.66. The van der Waals surface area contributed by atoms with Crippen LogP contribution in [0.1, 0.15) is 31.6 Å². The highest BCUT2D eigenvalue weighted by Crippen LogP contribution is 2.34. The maximum atomic E-state index is 5.02. The molecular weight excluding hydrogens is 258 g/mol. The number of anilines is 1. The van der Waals surface area contributed by atoms with Crippen molar-refractivity contribution >= 4 is 16.5 Å².